The summed E-state index contributed by atoms with van der Waals surface area (Å²) in [6.45, 7) is 4.60. The van der Waals surface area contributed by atoms with Gasteiger partial charge in [-0.15, -0.1) is 0 Å². The van der Waals surface area contributed by atoms with Crippen molar-refractivity contribution in [3.63, 3.8) is 0 Å². The lowest BCUT2D eigenvalue weighted by atomic mass is 10.3. The van der Waals surface area contributed by atoms with E-state index in [1.807, 2.05) is 0 Å². The average molecular weight is 129 g/mol. The molecule has 0 aromatic heterocycles. The first kappa shape index (κ1) is 6.30. The van der Waals surface area contributed by atoms with E-state index >= 15 is 0 Å². The largest absolute Gasteiger partial charge is 0.351 e. The first-order valence-corrected chi connectivity index (χ1v) is 6.28. The Labute approximate surface area is 52.4 Å². The molecule has 0 radical (unpaired) electrons. The Morgan fingerprint density at radius 1 is 1.62 bits per heavy atom. The van der Waals surface area contributed by atoms with Gasteiger partial charge in [0.15, 0.2) is 0 Å². The van der Waals surface area contributed by atoms with Crippen molar-refractivity contribution in [3.05, 3.63) is 0 Å². The van der Waals surface area contributed by atoms with Crippen molar-refractivity contribution in [2.45, 2.75) is 37.9 Å². The van der Waals surface area contributed by atoms with Gasteiger partial charge in [0.25, 0.3) is 0 Å². The smallest absolute Gasteiger partial charge is 0.122 e. The molecule has 0 aromatic rings. The highest BCUT2D eigenvalue weighted by molar-refractivity contribution is 6.77. The molecule has 0 amide bonds. The van der Waals surface area contributed by atoms with E-state index in [4.69, 9.17) is 5.40 Å². The molecular formula is C6H15NSi. The van der Waals surface area contributed by atoms with Gasteiger partial charge in [-0.05, 0) is 11.6 Å². The summed E-state index contributed by atoms with van der Waals surface area (Å²) in [5.41, 5.74) is 0.877. The van der Waals surface area contributed by atoms with Crippen LogP contribution < -0.4 is 5.40 Å². The second-order valence-corrected chi connectivity index (χ2v) is 7.80. The maximum Gasteiger partial charge on any atom is 0.122 e. The summed E-state index contributed by atoms with van der Waals surface area (Å²) >= 11 is 0. The molecule has 8 heavy (non-hydrogen) atoms. The van der Waals surface area contributed by atoms with E-state index in [0.29, 0.717) is 0 Å². The summed E-state index contributed by atoms with van der Waals surface area (Å²) in [5.74, 6) is 0. The van der Waals surface area contributed by atoms with Gasteiger partial charge in [-0.1, -0.05) is 26.3 Å². The van der Waals surface area contributed by atoms with Crippen molar-refractivity contribution < 1.29 is 0 Å². The van der Waals surface area contributed by atoms with E-state index in [1.54, 1.807) is 0 Å². The predicted octanol–water partition coefficient (Wildman–Crippen LogP) is 1.70. The molecule has 2 heteroatoms. The fourth-order valence-electron chi connectivity index (χ4n) is 1.37. The monoisotopic (exact) mass is 129 g/mol. The van der Waals surface area contributed by atoms with E-state index in [9.17, 15) is 0 Å². The molecule has 2 unspecified atom stereocenters. The molecule has 1 fully saturated rings. The third kappa shape index (κ3) is 0.953. The van der Waals surface area contributed by atoms with Crippen LogP contribution in [0.2, 0.25) is 18.1 Å². The lowest BCUT2D eigenvalue weighted by molar-refractivity contribution is 0.815. The Hall–Kier alpha value is 0.177. The summed E-state index contributed by atoms with van der Waals surface area (Å²) in [4.78, 5) is 0. The predicted molar refractivity (Wildman–Crippen MR) is 39.3 cm³/mol. The Morgan fingerprint density at radius 3 is 2.38 bits per heavy atom. The molecule has 2 N–H and O–H groups in total. The van der Waals surface area contributed by atoms with Crippen LogP contribution in [0.15, 0.2) is 0 Å². The van der Waals surface area contributed by atoms with Crippen molar-refractivity contribution in [1.82, 2.24) is 0 Å². The normalized spacial score (nSPS) is 47.6. The van der Waals surface area contributed by atoms with E-state index in [0.717, 1.165) is 5.54 Å². The second kappa shape index (κ2) is 1.85. The van der Waals surface area contributed by atoms with Crippen molar-refractivity contribution >= 4 is 8.24 Å². The molecule has 0 bridgehead atoms. The molecule has 0 aromatic carbocycles. The van der Waals surface area contributed by atoms with Crippen LogP contribution in [0.3, 0.4) is 0 Å². The zero-order chi connectivity index (χ0) is 6.20. The van der Waals surface area contributed by atoms with Gasteiger partial charge in [-0.3, -0.25) is 0 Å². The average Bonchev–Trinajstić information content (AvgIpc) is 1.86. The van der Waals surface area contributed by atoms with Crippen molar-refractivity contribution in [3.8, 4) is 0 Å². The minimum absolute atomic E-state index is 0.877. The molecule has 0 spiro atoms. The quantitative estimate of drug-likeness (QED) is 0.495. The highest BCUT2D eigenvalue weighted by atomic mass is 28.3. The Kier molecular flexibility index (Phi) is 1.45. The first-order chi connectivity index (χ1) is 3.63. The summed E-state index contributed by atoms with van der Waals surface area (Å²) < 4.78 is 0. The van der Waals surface area contributed by atoms with E-state index in [-0.39, 0.29) is 0 Å². The third-order valence-electron chi connectivity index (χ3n) is 2.48. The fraction of sp³-hybridized carbons (Fsp3) is 1.00. The van der Waals surface area contributed by atoms with Crippen molar-refractivity contribution in [2.75, 3.05) is 0 Å². The van der Waals surface area contributed by atoms with Crippen LogP contribution >= 0.6 is 0 Å². The maximum absolute atomic E-state index is 6.06. The first-order valence-electron chi connectivity index (χ1n) is 3.42. The number of rotatable bonds is 0. The lowest BCUT2D eigenvalue weighted by Gasteiger charge is -2.19. The summed E-state index contributed by atoms with van der Waals surface area (Å²) in [6.07, 6.45) is 2.78. The minimum Gasteiger partial charge on any atom is -0.351 e. The molecule has 1 saturated heterocycles. The minimum atomic E-state index is -1.14. The Balaban J connectivity index is 2.54. The van der Waals surface area contributed by atoms with Crippen LogP contribution in [0, 0.1) is 0 Å². The number of hydrogen-bond donors (Lipinski definition) is 1. The van der Waals surface area contributed by atoms with Gasteiger partial charge in [0.1, 0.15) is 8.24 Å². The Morgan fingerprint density at radius 2 is 2.25 bits per heavy atom. The molecular weight excluding hydrogens is 114 g/mol. The number of hydrogen-bond acceptors (Lipinski definition) is 1. The van der Waals surface area contributed by atoms with Gasteiger partial charge in [0.05, 0.1) is 0 Å². The zero-order valence-electron chi connectivity index (χ0n) is 5.78. The van der Waals surface area contributed by atoms with Crippen molar-refractivity contribution in [2.24, 2.45) is 5.40 Å². The van der Waals surface area contributed by atoms with E-state index in [1.165, 1.54) is 18.9 Å². The molecule has 1 nitrogen and oxygen atoms in total. The molecule has 0 aliphatic carbocycles. The summed E-state index contributed by atoms with van der Waals surface area (Å²) in [6, 6.07) is 1.36. The molecule has 1 aliphatic rings. The lowest BCUT2D eigenvalue weighted by Crippen LogP contribution is -2.41. The maximum atomic E-state index is 6.06. The molecule has 1 rings (SSSR count). The topological polar surface area (TPSA) is 26.0 Å². The highest BCUT2D eigenvalue weighted by Crippen LogP contribution is 2.34. The second-order valence-electron chi connectivity index (χ2n) is 3.30. The van der Waals surface area contributed by atoms with Crippen LogP contribution in [0.5, 0.6) is 0 Å². The molecule has 0 saturated carbocycles. The van der Waals surface area contributed by atoms with Gasteiger partial charge in [0.2, 0.25) is 0 Å². The van der Waals surface area contributed by atoms with Crippen LogP contribution in [0.25, 0.3) is 0 Å². The van der Waals surface area contributed by atoms with Gasteiger partial charge in [-0.2, -0.15) is 0 Å². The fourth-order valence-corrected chi connectivity index (χ4v) is 3.69. The molecule has 48 valence electrons. The molecule has 2 atom stereocenters. The SMILES string of the molecule is CC1CCC[Si]1(C)N. The van der Waals surface area contributed by atoms with Crippen LogP contribution in [-0.2, 0) is 0 Å². The van der Waals surface area contributed by atoms with Gasteiger partial charge in [-0.25, -0.2) is 0 Å². The number of nitrogens with two attached hydrogens (primary N) is 1. The van der Waals surface area contributed by atoms with Gasteiger partial charge in [0, 0.05) is 0 Å². The van der Waals surface area contributed by atoms with Gasteiger partial charge < -0.3 is 5.40 Å². The van der Waals surface area contributed by atoms with Crippen LogP contribution in [0.1, 0.15) is 19.8 Å². The standard InChI is InChI=1S/C6H15NSi/c1-6-4-3-5-8(6,2)7/h6H,3-5,7H2,1-2H3. The van der Waals surface area contributed by atoms with Crippen LogP contribution in [0.4, 0.5) is 0 Å². The Bertz CT molecular complexity index is 90.5. The summed E-state index contributed by atoms with van der Waals surface area (Å²) in [5, 5.41) is 6.06. The zero-order valence-corrected chi connectivity index (χ0v) is 6.78. The summed E-state index contributed by atoms with van der Waals surface area (Å²) in [7, 11) is -1.14. The van der Waals surface area contributed by atoms with Crippen molar-refractivity contribution in [1.29, 1.82) is 0 Å². The van der Waals surface area contributed by atoms with Crippen LogP contribution in [-0.4, -0.2) is 8.24 Å². The molecule has 1 aliphatic heterocycles. The molecule has 1 heterocycles. The third-order valence-corrected chi connectivity index (χ3v) is 6.45. The van der Waals surface area contributed by atoms with Gasteiger partial charge >= 0.3 is 0 Å². The van der Waals surface area contributed by atoms with E-state index in [2.05, 4.69) is 13.5 Å². The van der Waals surface area contributed by atoms with E-state index < -0.39 is 8.24 Å². The highest BCUT2D eigenvalue weighted by Gasteiger charge is 2.33.